The number of hydrogen-bond donors (Lipinski definition) is 2. The molecule has 114 valence electrons. The summed E-state index contributed by atoms with van der Waals surface area (Å²) in [6.07, 6.45) is -3.86. The van der Waals surface area contributed by atoms with Crippen LogP contribution in [0, 0.1) is 0 Å². The van der Waals surface area contributed by atoms with Gasteiger partial charge in [-0.25, -0.2) is 9.78 Å². The van der Waals surface area contributed by atoms with Crippen LogP contribution in [0.1, 0.15) is 0 Å². The molecule has 0 unspecified atom stereocenters. The molecule has 0 saturated carbocycles. The third kappa shape index (κ3) is 2.34. The Hall–Kier alpha value is -3.04. The summed E-state index contributed by atoms with van der Waals surface area (Å²) in [5.74, 6) is -0.610. The van der Waals surface area contributed by atoms with Crippen LogP contribution in [0.25, 0.3) is 16.9 Å². The number of imidazole rings is 1. The van der Waals surface area contributed by atoms with Gasteiger partial charge in [-0.05, 0) is 12.1 Å². The zero-order chi connectivity index (χ0) is 15.9. The van der Waals surface area contributed by atoms with Gasteiger partial charge in [-0.2, -0.15) is 0 Å². The first-order chi connectivity index (χ1) is 10.4. The second-order valence-electron chi connectivity index (χ2n) is 4.21. The molecule has 3 rings (SSSR count). The fourth-order valence-electron chi connectivity index (χ4n) is 2.03. The van der Waals surface area contributed by atoms with Gasteiger partial charge in [-0.15, -0.1) is 13.2 Å². The van der Waals surface area contributed by atoms with E-state index in [0.717, 1.165) is 17.0 Å². The first kappa shape index (κ1) is 13.9. The molecule has 2 N–H and O–H groups in total. The van der Waals surface area contributed by atoms with E-state index in [0.29, 0.717) is 0 Å². The lowest BCUT2D eigenvalue weighted by atomic mass is 10.3. The van der Waals surface area contributed by atoms with Crippen LogP contribution in [-0.2, 0) is 0 Å². The van der Waals surface area contributed by atoms with E-state index in [1.54, 1.807) is 0 Å². The maximum atomic E-state index is 12.5. The highest BCUT2D eigenvalue weighted by molar-refractivity contribution is 5.72. The molecule has 0 saturated heterocycles. The Kier molecular flexibility index (Phi) is 3.01. The third-order valence-corrected chi connectivity index (χ3v) is 2.81. The maximum Gasteiger partial charge on any atom is 0.573 e. The van der Waals surface area contributed by atoms with Gasteiger partial charge >= 0.3 is 12.1 Å². The molecule has 0 fully saturated rings. The van der Waals surface area contributed by atoms with Crippen LogP contribution < -0.4 is 16.0 Å². The standard InChI is InChI=1S/C12H7F3N4O3/c13-12(14,15)22-7-4-2-1-3-6(7)19-8-9(18-11(19)21)16-5-17-10(8)20/h1-5H,(H2,16,17,18,20,21). The molecule has 0 aliphatic rings. The lowest BCUT2D eigenvalue weighted by Gasteiger charge is -2.13. The molecule has 10 heteroatoms. The summed E-state index contributed by atoms with van der Waals surface area (Å²) < 4.78 is 42.1. The Morgan fingerprint density at radius 2 is 1.91 bits per heavy atom. The number of rotatable bonds is 2. The second-order valence-corrected chi connectivity index (χ2v) is 4.21. The van der Waals surface area contributed by atoms with E-state index in [1.165, 1.54) is 18.2 Å². The summed E-state index contributed by atoms with van der Waals surface area (Å²) in [4.78, 5) is 32.1. The highest BCUT2D eigenvalue weighted by Crippen LogP contribution is 2.28. The predicted molar refractivity (Wildman–Crippen MR) is 69.0 cm³/mol. The SMILES string of the molecule is O=c1[nH]cnc2[nH]c(=O)n(-c3ccccc3OC(F)(F)F)c12. The first-order valence-corrected chi connectivity index (χ1v) is 5.90. The zero-order valence-electron chi connectivity index (χ0n) is 10.6. The molecule has 2 heterocycles. The monoisotopic (exact) mass is 312 g/mol. The van der Waals surface area contributed by atoms with Crippen molar-refractivity contribution in [1.29, 1.82) is 0 Å². The number of nitrogens with zero attached hydrogens (tertiary/aromatic N) is 2. The molecule has 1 aromatic carbocycles. The summed E-state index contributed by atoms with van der Waals surface area (Å²) in [6, 6.07) is 4.99. The van der Waals surface area contributed by atoms with Gasteiger partial charge in [0.2, 0.25) is 0 Å². The Bertz CT molecular complexity index is 954. The van der Waals surface area contributed by atoms with Crippen LogP contribution in [-0.4, -0.2) is 25.9 Å². The molecule has 0 aliphatic carbocycles. The van der Waals surface area contributed by atoms with Gasteiger partial charge in [0.15, 0.2) is 16.9 Å². The third-order valence-electron chi connectivity index (χ3n) is 2.81. The number of fused-ring (bicyclic) bond motifs is 1. The van der Waals surface area contributed by atoms with Crippen molar-refractivity contribution in [2.75, 3.05) is 0 Å². The zero-order valence-corrected chi connectivity index (χ0v) is 10.6. The Balaban J connectivity index is 2.32. The minimum Gasteiger partial charge on any atom is -0.404 e. The van der Waals surface area contributed by atoms with Crippen molar-refractivity contribution in [3.05, 3.63) is 51.4 Å². The highest BCUT2D eigenvalue weighted by atomic mass is 19.4. The lowest BCUT2D eigenvalue weighted by Crippen LogP contribution is -2.22. The number of aromatic amines is 2. The predicted octanol–water partition coefficient (Wildman–Crippen LogP) is 1.30. The summed E-state index contributed by atoms with van der Waals surface area (Å²) in [5.41, 5.74) is -1.96. The van der Waals surface area contributed by atoms with E-state index >= 15 is 0 Å². The van der Waals surface area contributed by atoms with E-state index in [9.17, 15) is 22.8 Å². The molecule has 0 spiro atoms. The van der Waals surface area contributed by atoms with Gasteiger partial charge in [0, 0.05) is 0 Å². The largest absolute Gasteiger partial charge is 0.573 e. The first-order valence-electron chi connectivity index (χ1n) is 5.90. The van der Waals surface area contributed by atoms with Gasteiger partial charge in [0.1, 0.15) is 0 Å². The van der Waals surface area contributed by atoms with Crippen molar-refractivity contribution in [3.63, 3.8) is 0 Å². The van der Waals surface area contributed by atoms with Crippen LogP contribution in [0.15, 0.2) is 40.2 Å². The van der Waals surface area contributed by atoms with Crippen molar-refractivity contribution < 1.29 is 17.9 Å². The number of ether oxygens (including phenoxy) is 1. The molecule has 7 nitrogen and oxygen atoms in total. The number of para-hydroxylation sites is 2. The van der Waals surface area contributed by atoms with E-state index in [-0.39, 0.29) is 16.9 Å². The van der Waals surface area contributed by atoms with Crippen molar-refractivity contribution >= 4 is 11.2 Å². The van der Waals surface area contributed by atoms with E-state index < -0.39 is 23.4 Å². The molecule has 3 aromatic rings. The molecule has 0 aliphatic heterocycles. The minimum atomic E-state index is -4.93. The number of H-pyrrole nitrogens is 2. The number of hydrogen-bond acceptors (Lipinski definition) is 4. The number of alkyl halides is 3. The molecule has 0 amide bonds. The molecule has 22 heavy (non-hydrogen) atoms. The van der Waals surface area contributed by atoms with E-state index in [1.807, 2.05) is 0 Å². The lowest BCUT2D eigenvalue weighted by molar-refractivity contribution is -0.274. The van der Waals surface area contributed by atoms with Crippen LogP contribution in [0.4, 0.5) is 13.2 Å². The molecule has 2 aromatic heterocycles. The Labute approximate surface area is 119 Å². The van der Waals surface area contributed by atoms with Crippen LogP contribution in [0.3, 0.4) is 0 Å². The summed E-state index contributed by atoms with van der Waals surface area (Å²) in [5, 5.41) is 0. The second kappa shape index (κ2) is 4.76. The van der Waals surface area contributed by atoms with Crippen molar-refractivity contribution in [3.8, 4) is 11.4 Å². The van der Waals surface area contributed by atoms with Gasteiger partial charge in [0.05, 0.1) is 12.0 Å². The molecular formula is C12H7F3N4O3. The Morgan fingerprint density at radius 1 is 1.18 bits per heavy atom. The van der Waals surface area contributed by atoms with Crippen LogP contribution in [0.5, 0.6) is 5.75 Å². The van der Waals surface area contributed by atoms with Crippen LogP contribution in [0.2, 0.25) is 0 Å². The topological polar surface area (TPSA) is 92.8 Å². The fourth-order valence-corrected chi connectivity index (χ4v) is 2.03. The van der Waals surface area contributed by atoms with E-state index in [4.69, 9.17) is 0 Å². The summed E-state index contributed by atoms with van der Waals surface area (Å²) in [6.45, 7) is 0. The highest BCUT2D eigenvalue weighted by Gasteiger charge is 2.32. The quantitative estimate of drug-likeness (QED) is 0.746. The van der Waals surface area contributed by atoms with Crippen molar-refractivity contribution in [2.24, 2.45) is 0 Å². The summed E-state index contributed by atoms with van der Waals surface area (Å²) >= 11 is 0. The van der Waals surface area contributed by atoms with Crippen LogP contribution >= 0.6 is 0 Å². The average molecular weight is 312 g/mol. The number of nitrogens with one attached hydrogen (secondary N) is 2. The van der Waals surface area contributed by atoms with Crippen molar-refractivity contribution in [1.82, 2.24) is 19.5 Å². The fraction of sp³-hybridized carbons (Fsp3) is 0.0833. The maximum absolute atomic E-state index is 12.5. The normalized spacial score (nSPS) is 11.8. The molecular weight excluding hydrogens is 305 g/mol. The van der Waals surface area contributed by atoms with E-state index in [2.05, 4.69) is 19.7 Å². The number of aromatic nitrogens is 4. The van der Waals surface area contributed by atoms with Gasteiger partial charge in [0.25, 0.3) is 5.56 Å². The molecule has 0 atom stereocenters. The number of benzene rings is 1. The van der Waals surface area contributed by atoms with Crippen molar-refractivity contribution in [2.45, 2.75) is 6.36 Å². The smallest absolute Gasteiger partial charge is 0.404 e. The Morgan fingerprint density at radius 3 is 2.64 bits per heavy atom. The van der Waals surface area contributed by atoms with Gasteiger partial charge < -0.3 is 9.72 Å². The minimum absolute atomic E-state index is 0.0458. The summed E-state index contributed by atoms with van der Waals surface area (Å²) in [7, 11) is 0. The van der Waals surface area contributed by atoms with Gasteiger partial charge in [-0.1, -0.05) is 12.1 Å². The van der Waals surface area contributed by atoms with Gasteiger partial charge in [-0.3, -0.25) is 14.3 Å². The number of halogens is 3. The molecule has 0 radical (unpaired) electrons. The average Bonchev–Trinajstić information content (AvgIpc) is 2.75. The molecule has 0 bridgehead atoms.